The van der Waals surface area contributed by atoms with E-state index in [2.05, 4.69) is 38.2 Å². The van der Waals surface area contributed by atoms with Crippen LogP contribution in [0.1, 0.15) is 23.3 Å². The fourth-order valence-corrected chi connectivity index (χ4v) is 1.89. The molecule has 1 fully saturated rings. The molecule has 0 bridgehead atoms. The highest BCUT2D eigenvalue weighted by atomic mass is 127. The second-order valence-electron chi connectivity index (χ2n) is 3.84. The van der Waals surface area contributed by atoms with Crippen LogP contribution in [-0.4, -0.2) is 28.7 Å². The van der Waals surface area contributed by atoms with Gasteiger partial charge in [0.05, 0.1) is 0 Å². The molecule has 7 heteroatoms. The number of piperidine rings is 1. The number of carbonyl (C=O) groups is 3. The van der Waals surface area contributed by atoms with Crippen molar-refractivity contribution >= 4 is 40.3 Å². The van der Waals surface area contributed by atoms with Crippen LogP contribution in [0.3, 0.4) is 0 Å². The summed E-state index contributed by atoms with van der Waals surface area (Å²) >= 11 is 2.08. The number of imide groups is 1. The Balaban J connectivity index is 2.01. The molecule has 6 nitrogen and oxygen atoms in total. The van der Waals surface area contributed by atoms with Crippen LogP contribution in [-0.2, 0) is 9.59 Å². The summed E-state index contributed by atoms with van der Waals surface area (Å²) in [4.78, 5) is 38.2. The lowest BCUT2D eigenvalue weighted by Gasteiger charge is -2.21. The summed E-state index contributed by atoms with van der Waals surface area (Å²) < 4.78 is 0.921. The standard InChI is InChI=1S/C11H10IN3O3/c12-6-1-2-7(13-5-6)10(17)14-8-3-4-9(16)15-11(8)18/h1-2,5,8H,3-4H2,(H,14,17)(H,15,16,18). The molecular weight excluding hydrogens is 349 g/mol. The van der Waals surface area contributed by atoms with Crippen molar-refractivity contribution in [1.82, 2.24) is 15.6 Å². The molecule has 0 spiro atoms. The number of carbonyl (C=O) groups excluding carboxylic acids is 3. The Morgan fingerprint density at radius 1 is 1.44 bits per heavy atom. The molecule has 1 aliphatic heterocycles. The number of amides is 3. The summed E-state index contributed by atoms with van der Waals surface area (Å²) in [7, 11) is 0. The summed E-state index contributed by atoms with van der Waals surface area (Å²) in [5.41, 5.74) is 0.250. The first-order chi connectivity index (χ1) is 8.56. The molecule has 1 aliphatic rings. The van der Waals surface area contributed by atoms with E-state index in [9.17, 15) is 14.4 Å². The van der Waals surface area contributed by atoms with Gasteiger partial charge in [0.1, 0.15) is 11.7 Å². The van der Waals surface area contributed by atoms with Crippen molar-refractivity contribution in [3.63, 3.8) is 0 Å². The summed E-state index contributed by atoms with van der Waals surface area (Å²) in [6.45, 7) is 0. The van der Waals surface area contributed by atoms with Gasteiger partial charge < -0.3 is 5.32 Å². The van der Waals surface area contributed by atoms with Crippen molar-refractivity contribution < 1.29 is 14.4 Å². The fraction of sp³-hybridized carbons (Fsp3) is 0.273. The molecule has 2 heterocycles. The molecule has 1 aromatic heterocycles. The molecule has 0 aromatic carbocycles. The maximum atomic E-state index is 11.8. The van der Waals surface area contributed by atoms with E-state index < -0.39 is 17.9 Å². The molecule has 0 radical (unpaired) electrons. The van der Waals surface area contributed by atoms with Gasteiger partial charge in [0.2, 0.25) is 11.8 Å². The van der Waals surface area contributed by atoms with E-state index in [0.717, 1.165) is 3.57 Å². The minimum absolute atomic E-state index is 0.233. The van der Waals surface area contributed by atoms with E-state index in [-0.39, 0.29) is 18.0 Å². The van der Waals surface area contributed by atoms with Crippen molar-refractivity contribution in [2.24, 2.45) is 0 Å². The highest BCUT2D eigenvalue weighted by Crippen LogP contribution is 2.07. The molecule has 3 amide bonds. The first kappa shape index (κ1) is 12.9. The molecule has 2 rings (SSSR count). The minimum Gasteiger partial charge on any atom is -0.339 e. The van der Waals surface area contributed by atoms with Crippen molar-refractivity contribution in [2.45, 2.75) is 18.9 Å². The Bertz CT molecular complexity index is 501. The zero-order valence-electron chi connectivity index (χ0n) is 9.27. The van der Waals surface area contributed by atoms with Crippen LogP contribution in [0, 0.1) is 3.57 Å². The molecule has 1 atom stereocenters. The Hall–Kier alpha value is -1.51. The molecule has 1 aromatic rings. The van der Waals surface area contributed by atoms with Gasteiger partial charge in [-0.3, -0.25) is 19.7 Å². The summed E-state index contributed by atoms with van der Waals surface area (Å²) in [5.74, 6) is -1.19. The van der Waals surface area contributed by atoms with Gasteiger partial charge in [-0.2, -0.15) is 0 Å². The maximum Gasteiger partial charge on any atom is 0.270 e. The van der Waals surface area contributed by atoms with E-state index >= 15 is 0 Å². The van der Waals surface area contributed by atoms with Crippen LogP contribution >= 0.6 is 22.6 Å². The van der Waals surface area contributed by atoms with E-state index in [0.29, 0.717) is 6.42 Å². The summed E-state index contributed by atoms with van der Waals surface area (Å²) in [5, 5.41) is 4.74. The maximum absolute atomic E-state index is 11.8. The quantitative estimate of drug-likeness (QED) is 0.584. The van der Waals surface area contributed by atoms with Gasteiger partial charge in [0.15, 0.2) is 0 Å². The van der Waals surface area contributed by atoms with Crippen molar-refractivity contribution in [3.05, 3.63) is 27.6 Å². The second kappa shape index (κ2) is 5.42. The molecular formula is C11H10IN3O3. The van der Waals surface area contributed by atoms with Gasteiger partial charge in [-0.15, -0.1) is 0 Å². The lowest BCUT2D eigenvalue weighted by atomic mass is 10.1. The predicted molar refractivity (Wildman–Crippen MR) is 70.6 cm³/mol. The van der Waals surface area contributed by atoms with Crippen LogP contribution in [0.2, 0.25) is 0 Å². The van der Waals surface area contributed by atoms with Gasteiger partial charge in [0.25, 0.3) is 5.91 Å². The lowest BCUT2D eigenvalue weighted by Crippen LogP contribution is -2.52. The molecule has 18 heavy (non-hydrogen) atoms. The number of aromatic nitrogens is 1. The highest BCUT2D eigenvalue weighted by molar-refractivity contribution is 14.1. The number of pyridine rings is 1. The van der Waals surface area contributed by atoms with Gasteiger partial charge in [-0.1, -0.05) is 0 Å². The van der Waals surface area contributed by atoms with Crippen molar-refractivity contribution in [1.29, 1.82) is 0 Å². The number of hydrogen-bond donors (Lipinski definition) is 2. The molecule has 2 N–H and O–H groups in total. The smallest absolute Gasteiger partial charge is 0.270 e. The number of nitrogens with one attached hydrogen (secondary N) is 2. The molecule has 0 saturated carbocycles. The topological polar surface area (TPSA) is 88.2 Å². The Morgan fingerprint density at radius 3 is 2.83 bits per heavy atom. The highest BCUT2D eigenvalue weighted by Gasteiger charge is 2.28. The third-order valence-electron chi connectivity index (χ3n) is 2.50. The molecule has 94 valence electrons. The van der Waals surface area contributed by atoms with Crippen LogP contribution in [0.15, 0.2) is 18.3 Å². The van der Waals surface area contributed by atoms with Crippen molar-refractivity contribution in [3.8, 4) is 0 Å². The van der Waals surface area contributed by atoms with Crippen LogP contribution in [0.4, 0.5) is 0 Å². The Morgan fingerprint density at radius 2 is 2.22 bits per heavy atom. The van der Waals surface area contributed by atoms with Crippen molar-refractivity contribution in [2.75, 3.05) is 0 Å². The zero-order chi connectivity index (χ0) is 13.1. The molecule has 1 saturated heterocycles. The largest absolute Gasteiger partial charge is 0.339 e. The fourth-order valence-electron chi connectivity index (χ4n) is 1.57. The van der Waals surface area contributed by atoms with Gasteiger partial charge in [-0.25, -0.2) is 4.98 Å². The van der Waals surface area contributed by atoms with Crippen LogP contribution in [0.25, 0.3) is 0 Å². The Kier molecular flexibility index (Phi) is 3.90. The molecule has 1 unspecified atom stereocenters. The predicted octanol–water partition coefficient (Wildman–Crippen LogP) is 0.221. The number of nitrogens with zero attached hydrogens (tertiary/aromatic N) is 1. The van der Waals surface area contributed by atoms with Crippen LogP contribution in [0.5, 0.6) is 0 Å². The normalized spacial score (nSPS) is 19.3. The average molecular weight is 359 g/mol. The van der Waals surface area contributed by atoms with E-state index in [1.807, 2.05) is 0 Å². The van der Waals surface area contributed by atoms with Crippen LogP contribution < -0.4 is 10.6 Å². The first-order valence-corrected chi connectivity index (χ1v) is 6.40. The first-order valence-electron chi connectivity index (χ1n) is 5.32. The van der Waals surface area contributed by atoms with Gasteiger partial charge in [-0.05, 0) is 41.1 Å². The minimum atomic E-state index is -0.670. The van der Waals surface area contributed by atoms with E-state index in [1.165, 1.54) is 0 Å². The van der Waals surface area contributed by atoms with Gasteiger partial charge in [0, 0.05) is 16.2 Å². The number of halogens is 1. The van der Waals surface area contributed by atoms with Gasteiger partial charge >= 0.3 is 0 Å². The molecule has 0 aliphatic carbocycles. The van der Waals surface area contributed by atoms with E-state index in [4.69, 9.17) is 0 Å². The van der Waals surface area contributed by atoms with E-state index in [1.54, 1.807) is 18.3 Å². The number of hydrogen-bond acceptors (Lipinski definition) is 4. The third-order valence-corrected chi connectivity index (χ3v) is 3.14. The SMILES string of the molecule is O=C1CCC(NC(=O)c2ccc(I)cn2)C(=O)N1. The average Bonchev–Trinajstić information content (AvgIpc) is 2.33. The lowest BCUT2D eigenvalue weighted by molar-refractivity contribution is -0.134. The third kappa shape index (κ3) is 3.03. The number of rotatable bonds is 2. The second-order valence-corrected chi connectivity index (χ2v) is 5.08. The zero-order valence-corrected chi connectivity index (χ0v) is 11.4. The summed E-state index contributed by atoms with van der Waals surface area (Å²) in [6, 6.07) is 2.67. The Labute approximate surface area is 117 Å². The summed E-state index contributed by atoms with van der Waals surface area (Å²) in [6.07, 6.45) is 2.12. The monoisotopic (exact) mass is 359 g/mol.